The van der Waals surface area contributed by atoms with Crippen LogP contribution < -0.4 is 4.74 Å². The smallest absolute Gasteiger partial charge is 0.310 e. The molecule has 0 saturated carbocycles. The van der Waals surface area contributed by atoms with Crippen molar-refractivity contribution in [3.8, 4) is 5.75 Å². The van der Waals surface area contributed by atoms with Gasteiger partial charge in [-0.1, -0.05) is 15.9 Å². The lowest BCUT2D eigenvalue weighted by atomic mass is 10.1. The molecule has 19 heavy (non-hydrogen) atoms. The highest BCUT2D eigenvalue weighted by molar-refractivity contribution is 9.10. The number of ether oxygens (including phenoxy) is 3. The lowest BCUT2D eigenvalue weighted by Crippen LogP contribution is -2.15. The number of rotatable bonds is 7. The zero-order valence-corrected chi connectivity index (χ0v) is 13.0. The fraction of sp³-hybridized carbons (Fsp3) is 0.500. The van der Waals surface area contributed by atoms with Crippen LogP contribution in [-0.4, -0.2) is 32.4 Å². The van der Waals surface area contributed by atoms with Gasteiger partial charge in [-0.2, -0.15) is 0 Å². The lowest BCUT2D eigenvalue weighted by molar-refractivity contribution is -0.144. The molecule has 0 N–H and O–H groups in total. The molecule has 1 aromatic rings. The van der Waals surface area contributed by atoms with Gasteiger partial charge in [0.2, 0.25) is 0 Å². The minimum atomic E-state index is -0.277. The first-order valence-corrected chi connectivity index (χ1v) is 6.92. The molecule has 5 heteroatoms. The monoisotopic (exact) mass is 330 g/mol. The first-order chi connectivity index (χ1) is 9.02. The van der Waals surface area contributed by atoms with Crippen LogP contribution in [0.3, 0.4) is 0 Å². The summed E-state index contributed by atoms with van der Waals surface area (Å²) in [6, 6.07) is 5.49. The van der Waals surface area contributed by atoms with Crippen LogP contribution in [0.2, 0.25) is 0 Å². The fourth-order valence-corrected chi connectivity index (χ4v) is 1.85. The highest BCUT2D eigenvalue weighted by Gasteiger charge is 2.09. The molecule has 0 aromatic heterocycles. The molecular weight excluding hydrogens is 312 g/mol. The summed E-state index contributed by atoms with van der Waals surface area (Å²) in [5.41, 5.74) is 0.842. The Labute approximate surface area is 122 Å². The van der Waals surface area contributed by atoms with E-state index in [4.69, 9.17) is 14.2 Å². The molecule has 0 heterocycles. The molecule has 0 saturated heterocycles. The van der Waals surface area contributed by atoms with E-state index < -0.39 is 0 Å². The summed E-state index contributed by atoms with van der Waals surface area (Å²) in [6.45, 7) is 4.58. The SMILES string of the molecule is COc1ccc(Br)c(CC(=O)OCCOC(C)C)c1. The molecule has 4 nitrogen and oxygen atoms in total. The third-order valence-corrected chi connectivity index (χ3v) is 3.16. The predicted molar refractivity (Wildman–Crippen MR) is 76.4 cm³/mol. The number of carbonyl (C=O) groups is 1. The first-order valence-electron chi connectivity index (χ1n) is 6.12. The van der Waals surface area contributed by atoms with E-state index in [-0.39, 0.29) is 25.1 Å². The maximum atomic E-state index is 11.7. The van der Waals surface area contributed by atoms with Gasteiger partial charge < -0.3 is 14.2 Å². The second-order valence-electron chi connectivity index (χ2n) is 4.27. The van der Waals surface area contributed by atoms with Crippen molar-refractivity contribution in [2.75, 3.05) is 20.3 Å². The largest absolute Gasteiger partial charge is 0.497 e. The minimum Gasteiger partial charge on any atom is -0.497 e. The third kappa shape index (κ3) is 6.07. The average molecular weight is 331 g/mol. The van der Waals surface area contributed by atoms with Crippen molar-refractivity contribution >= 4 is 21.9 Å². The van der Waals surface area contributed by atoms with E-state index >= 15 is 0 Å². The highest BCUT2D eigenvalue weighted by atomic mass is 79.9. The van der Waals surface area contributed by atoms with Crippen molar-refractivity contribution in [1.29, 1.82) is 0 Å². The van der Waals surface area contributed by atoms with Gasteiger partial charge in [-0.25, -0.2) is 0 Å². The van der Waals surface area contributed by atoms with Crippen LogP contribution in [0.1, 0.15) is 19.4 Å². The van der Waals surface area contributed by atoms with Gasteiger partial charge in [-0.15, -0.1) is 0 Å². The van der Waals surface area contributed by atoms with E-state index in [2.05, 4.69) is 15.9 Å². The van der Waals surface area contributed by atoms with Gasteiger partial charge in [0.15, 0.2) is 0 Å². The Kier molecular flexibility index (Phi) is 6.87. The van der Waals surface area contributed by atoms with Crippen molar-refractivity contribution in [3.05, 3.63) is 28.2 Å². The summed E-state index contributed by atoms with van der Waals surface area (Å²) in [5.74, 6) is 0.440. The maximum Gasteiger partial charge on any atom is 0.310 e. The molecule has 0 amide bonds. The first kappa shape index (κ1) is 16.0. The van der Waals surface area contributed by atoms with Crippen molar-refractivity contribution < 1.29 is 19.0 Å². The second-order valence-corrected chi connectivity index (χ2v) is 5.13. The Morgan fingerprint density at radius 3 is 2.68 bits per heavy atom. The Morgan fingerprint density at radius 2 is 2.05 bits per heavy atom. The number of esters is 1. The van der Waals surface area contributed by atoms with Crippen LogP contribution in [-0.2, 0) is 20.7 Å². The van der Waals surface area contributed by atoms with Gasteiger partial charge in [-0.05, 0) is 37.6 Å². The van der Waals surface area contributed by atoms with E-state index in [1.54, 1.807) is 7.11 Å². The van der Waals surface area contributed by atoms with Crippen LogP contribution >= 0.6 is 15.9 Å². The summed E-state index contributed by atoms with van der Waals surface area (Å²) >= 11 is 3.40. The summed E-state index contributed by atoms with van der Waals surface area (Å²) in [6.07, 6.45) is 0.352. The van der Waals surface area contributed by atoms with Gasteiger partial charge in [0.05, 0.1) is 26.2 Å². The molecule has 106 valence electrons. The number of benzene rings is 1. The molecular formula is C14H19BrO4. The van der Waals surface area contributed by atoms with Crippen molar-refractivity contribution in [2.24, 2.45) is 0 Å². The van der Waals surface area contributed by atoms with Gasteiger partial charge in [0.25, 0.3) is 0 Å². The summed E-state index contributed by atoms with van der Waals surface area (Å²) in [5, 5.41) is 0. The number of methoxy groups -OCH3 is 1. The number of hydrogen-bond donors (Lipinski definition) is 0. The molecule has 0 aliphatic carbocycles. The van der Waals surface area contributed by atoms with Gasteiger partial charge >= 0.3 is 5.97 Å². The van der Waals surface area contributed by atoms with Crippen LogP contribution in [0.5, 0.6) is 5.75 Å². The van der Waals surface area contributed by atoms with Crippen LogP contribution in [0.25, 0.3) is 0 Å². The molecule has 0 aliphatic rings. The molecule has 1 rings (SSSR count). The molecule has 0 atom stereocenters. The zero-order chi connectivity index (χ0) is 14.3. The standard InChI is InChI=1S/C14H19BrO4/c1-10(2)18-6-7-19-14(16)9-11-8-12(17-3)4-5-13(11)15/h4-5,8,10H,6-7,9H2,1-3H3. The molecule has 0 spiro atoms. The maximum absolute atomic E-state index is 11.7. The van der Waals surface area contributed by atoms with E-state index in [1.165, 1.54) is 0 Å². The van der Waals surface area contributed by atoms with Crippen molar-refractivity contribution in [2.45, 2.75) is 26.4 Å². The van der Waals surface area contributed by atoms with Crippen molar-refractivity contribution in [1.82, 2.24) is 0 Å². The molecule has 0 unspecified atom stereocenters. The molecule has 1 aromatic carbocycles. The van der Waals surface area contributed by atoms with E-state index in [9.17, 15) is 4.79 Å². The summed E-state index contributed by atoms with van der Waals surface area (Å²) in [4.78, 5) is 11.7. The average Bonchev–Trinajstić information content (AvgIpc) is 2.37. The minimum absolute atomic E-state index is 0.145. The van der Waals surface area contributed by atoms with Crippen LogP contribution in [0.4, 0.5) is 0 Å². The van der Waals surface area contributed by atoms with Crippen LogP contribution in [0, 0.1) is 0 Å². The number of hydrogen-bond acceptors (Lipinski definition) is 4. The van der Waals surface area contributed by atoms with Gasteiger partial charge in [0.1, 0.15) is 12.4 Å². The topological polar surface area (TPSA) is 44.8 Å². The Hall–Kier alpha value is -1.07. The van der Waals surface area contributed by atoms with Crippen LogP contribution in [0.15, 0.2) is 22.7 Å². The summed E-state index contributed by atoms with van der Waals surface area (Å²) < 4.78 is 16.4. The Morgan fingerprint density at radius 1 is 1.32 bits per heavy atom. The zero-order valence-electron chi connectivity index (χ0n) is 11.4. The molecule has 0 radical (unpaired) electrons. The Balaban J connectivity index is 2.43. The van der Waals surface area contributed by atoms with E-state index in [0.29, 0.717) is 12.4 Å². The molecule has 0 bridgehead atoms. The van der Waals surface area contributed by atoms with Gasteiger partial charge in [-0.3, -0.25) is 4.79 Å². The lowest BCUT2D eigenvalue weighted by Gasteiger charge is -2.09. The number of halogens is 1. The van der Waals surface area contributed by atoms with Crippen molar-refractivity contribution in [3.63, 3.8) is 0 Å². The summed E-state index contributed by atoms with van der Waals surface area (Å²) in [7, 11) is 1.59. The molecule has 0 aliphatic heterocycles. The third-order valence-electron chi connectivity index (χ3n) is 2.39. The fourth-order valence-electron chi connectivity index (χ4n) is 1.46. The predicted octanol–water partition coefficient (Wildman–Crippen LogP) is 2.97. The molecule has 0 fully saturated rings. The number of carbonyl (C=O) groups excluding carboxylic acids is 1. The normalized spacial score (nSPS) is 10.6. The highest BCUT2D eigenvalue weighted by Crippen LogP contribution is 2.23. The van der Waals surface area contributed by atoms with Gasteiger partial charge in [0, 0.05) is 4.47 Å². The second kappa shape index (κ2) is 8.17. The quantitative estimate of drug-likeness (QED) is 0.569. The Bertz CT molecular complexity index is 418. The van der Waals surface area contributed by atoms with E-state index in [1.807, 2.05) is 32.0 Å². The van der Waals surface area contributed by atoms with E-state index in [0.717, 1.165) is 10.0 Å².